The maximum atomic E-state index is 11.1. The van der Waals surface area contributed by atoms with Crippen molar-refractivity contribution in [1.82, 2.24) is 5.32 Å². The fourth-order valence-corrected chi connectivity index (χ4v) is 1.86. The van der Waals surface area contributed by atoms with Gasteiger partial charge in [0.15, 0.2) is 0 Å². The number of halogens is 1. The van der Waals surface area contributed by atoms with E-state index in [9.17, 15) is 4.79 Å². The molecule has 0 bridgehead atoms. The summed E-state index contributed by atoms with van der Waals surface area (Å²) in [6, 6.07) is 5.43. The van der Waals surface area contributed by atoms with E-state index in [1.54, 1.807) is 13.2 Å². The Morgan fingerprint density at radius 1 is 1.56 bits per heavy atom. The number of benzene rings is 1. The van der Waals surface area contributed by atoms with Crippen LogP contribution in [0.2, 0.25) is 5.02 Å². The summed E-state index contributed by atoms with van der Waals surface area (Å²) in [6.45, 7) is 0.432. The third-order valence-corrected chi connectivity index (χ3v) is 2.82. The fourth-order valence-electron chi connectivity index (χ4n) is 1.67. The van der Waals surface area contributed by atoms with E-state index in [2.05, 4.69) is 5.32 Å². The second-order valence-electron chi connectivity index (χ2n) is 3.52. The van der Waals surface area contributed by atoms with Crippen molar-refractivity contribution in [2.45, 2.75) is 12.5 Å². The first kappa shape index (κ1) is 11.1. The van der Waals surface area contributed by atoms with Gasteiger partial charge in [0, 0.05) is 6.42 Å². The highest BCUT2D eigenvalue weighted by atomic mass is 35.5. The largest absolute Gasteiger partial charge is 0.495 e. The molecule has 0 spiro atoms. The van der Waals surface area contributed by atoms with E-state index in [0.717, 1.165) is 12.0 Å². The number of hydrogen-bond acceptors (Lipinski definition) is 3. The summed E-state index contributed by atoms with van der Waals surface area (Å²) in [6.07, 6.45) is 0.362. The van der Waals surface area contributed by atoms with Crippen molar-refractivity contribution in [3.8, 4) is 5.75 Å². The van der Waals surface area contributed by atoms with Crippen molar-refractivity contribution in [2.75, 3.05) is 13.7 Å². The summed E-state index contributed by atoms with van der Waals surface area (Å²) in [5.74, 6) is 0.611. The second kappa shape index (κ2) is 4.61. The predicted molar refractivity (Wildman–Crippen MR) is 59.8 cm³/mol. The van der Waals surface area contributed by atoms with Crippen LogP contribution in [0.5, 0.6) is 5.75 Å². The monoisotopic (exact) mass is 241 g/mol. The molecule has 0 aromatic heterocycles. The summed E-state index contributed by atoms with van der Waals surface area (Å²) >= 11 is 5.93. The van der Waals surface area contributed by atoms with Crippen LogP contribution >= 0.6 is 11.6 Å². The van der Waals surface area contributed by atoms with E-state index in [-0.39, 0.29) is 12.1 Å². The maximum absolute atomic E-state index is 11.1. The van der Waals surface area contributed by atoms with E-state index in [4.69, 9.17) is 21.1 Å². The average Bonchev–Trinajstić information content (AvgIpc) is 2.29. The van der Waals surface area contributed by atoms with Crippen LogP contribution in [-0.2, 0) is 4.74 Å². The Kier molecular flexibility index (Phi) is 3.19. The minimum Gasteiger partial charge on any atom is -0.495 e. The molecule has 1 aliphatic heterocycles. The van der Waals surface area contributed by atoms with Crippen molar-refractivity contribution < 1.29 is 14.3 Å². The molecule has 1 aromatic carbocycles. The molecule has 4 nitrogen and oxygen atoms in total. The number of hydrogen-bond donors (Lipinski definition) is 1. The van der Waals surface area contributed by atoms with Crippen LogP contribution in [0.4, 0.5) is 4.79 Å². The van der Waals surface area contributed by atoms with Gasteiger partial charge >= 0.3 is 6.09 Å². The molecule has 2 rings (SSSR count). The number of ether oxygens (including phenoxy) is 2. The molecule has 86 valence electrons. The topological polar surface area (TPSA) is 47.6 Å². The zero-order valence-corrected chi connectivity index (χ0v) is 9.58. The molecule has 5 heteroatoms. The van der Waals surface area contributed by atoms with E-state index in [1.165, 1.54) is 0 Å². The zero-order chi connectivity index (χ0) is 11.5. The molecular weight excluding hydrogens is 230 g/mol. The standard InChI is InChI=1S/C11H12ClNO3/c1-15-10-6-7(2-3-8(10)12)9-4-5-16-11(14)13-9/h2-3,6,9H,4-5H2,1H3,(H,13,14)/t9-/m0/s1. The van der Waals surface area contributed by atoms with E-state index in [1.807, 2.05) is 12.1 Å². The molecule has 1 saturated heterocycles. The van der Waals surface area contributed by atoms with Gasteiger partial charge in [0.05, 0.1) is 24.8 Å². The normalized spacial score (nSPS) is 19.9. The van der Waals surface area contributed by atoms with Crippen LogP contribution in [0, 0.1) is 0 Å². The van der Waals surface area contributed by atoms with Crippen LogP contribution in [-0.4, -0.2) is 19.8 Å². The summed E-state index contributed by atoms with van der Waals surface area (Å²) in [4.78, 5) is 11.1. The van der Waals surface area contributed by atoms with Gasteiger partial charge in [-0.05, 0) is 17.7 Å². The lowest BCUT2D eigenvalue weighted by molar-refractivity contribution is 0.115. The molecule has 1 fully saturated rings. The number of nitrogens with one attached hydrogen (secondary N) is 1. The first-order valence-electron chi connectivity index (χ1n) is 4.97. The van der Waals surface area contributed by atoms with E-state index >= 15 is 0 Å². The SMILES string of the molecule is COc1cc([C@@H]2CCOC(=O)N2)ccc1Cl. The summed E-state index contributed by atoms with van der Waals surface area (Å²) in [5.41, 5.74) is 0.970. The van der Waals surface area contributed by atoms with Gasteiger partial charge in [0.25, 0.3) is 0 Å². The van der Waals surface area contributed by atoms with E-state index < -0.39 is 0 Å². The molecule has 1 aromatic rings. The first-order chi connectivity index (χ1) is 7.70. The van der Waals surface area contributed by atoms with Crippen LogP contribution in [0.25, 0.3) is 0 Å². The zero-order valence-electron chi connectivity index (χ0n) is 8.83. The summed E-state index contributed by atoms with van der Waals surface area (Å²) in [7, 11) is 1.56. The quantitative estimate of drug-likeness (QED) is 0.866. The van der Waals surface area contributed by atoms with Gasteiger partial charge in [-0.25, -0.2) is 4.79 Å². The molecule has 1 amide bonds. The van der Waals surface area contributed by atoms with Gasteiger partial charge in [0.1, 0.15) is 5.75 Å². The lowest BCUT2D eigenvalue weighted by Crippen LogP contribution is -2.35. The highest BCUT2D eigenvalue weighted by Crippen LogP contribution is 2.29. The third-order valence-electron chi connectivity index (χ3n) is 2.51. The molecule has 0 aliphatic carbocycles. The van der Waals surface area contributed by atoms with Crippen molar-refractivity contribution in [3.05, 3.63) is 28.8 Å². The van der Waals surface area contributed by atoms with E-state index in [0.29, 0.717) is 17.4 Å². The number of rotatable bonds is 2. The molecule has 0 saturated carbocycles. The Labute approximate surface area is 98.5 Å². The molecular formula is C11H12ClNO3. The first-order valence-corrected chi connectivity index (χ1v) is 5.35. The van der Waals surface area contributed by atoms with Gasteiger partial charge in [-0.2, -0.15) is 0 Å². The number of carbonyl (C=O) groups excluding carboxylic acids is 1. The highest BCUT2D eigenvalue weighted by molar-refractivity contribution is 6.32. The van der Waals surface area contributed by atoms with Crippen molar-refractivity contribution in [2.24, 2.45) is 0 Å². The molecule has 1 atom stereocenters. The minimum absolute atomic E-state index is 0.0348. The Balaban J connectivity index is 2.22. The van der Waals surface area contributed by atoms with Crippen molar-refractivity contribution >= 4 is 17.7 Å². The lowest BCUT2D eigenvalue weighted by atomic mass is 10.0. The Bertz CT molecular complexity index is 408. The summed E-state index contributed by atoms with van der Waals surface area (Å²) in [5, 5.41) is 3.30. The van der Waals surface area contributed by atoms with Crippen LogP contribution in [0.1, 0.15) is 18.0 Å². The predicted octanol–water partition coefficient (Wildman–Crippen LogP) is 2.52. The molecule has 1 heterocycles. The second-order valence-corrected chi connectivity index (χ2v) is 3.92. The molecule has 16 heavy (non-hydrogen) atoms. The molecule has 1 aliphatic rings. The third kappa shape index (κ3) is 2.22. The molecule has 0 radical (unpaired) electrons. The van der Waals surface area contributed by atoms with Crippen LogP contribution in [0.15, 0.2) is 18.2 Å². The molecule has 0 unspecified atom stereocenters. The minimum atomic E-state index is -0.384. The number of amides is 1. The Morgan fingerprint density at radius 2 is 2.38 bits per heavy atom. The Morgan fingerprint density at radius 3 is 3.06 bits per heavy atom. The van der Waals surface area contributed by atoms with Gasteiger partial charge in [-0.3, -0.25) is 0 Å². The van der Waals surface area contributed by atoms with Crippen LogP contribution < -0.4 is 10.1 Å². The average molecular weight is 242 g/mol. The smallest absolute Gasteiger partial charge is 0.407 e. The number of methoxy groups -OCH3 is 1. The van der Waals surface area contributed by atoms with Crippen molar-refractivity contribution in [1.29, 1.82) is 0 Å². The number of alkyl carbamates (subject to hydrolysis) is 1. The van der Waals surface area contributed by atoms with Crippen LogP contribution in [0.3, 0.4) is 0 Å². The van der Waals surface area contributed by atoms with Gasteiger partial charge in [0.2, 0.25) is 0 Å². The fraction of sp³-hybridized carbons (Fsp3) is 0.364. The molecule has 1 N–H and O–H groups in total. The summed E-state index contributed by atoms with van der Waals surface area (Å²) < 4.78 is 9.93. The Hall–Kier alpha value is -1.42. The number of cyclic esters (lactones) is 1. The van der Waals surface area contributed by atoms with Gasteiger partial charge < -0.3 is 14.8 Å². The van der Waals surface area contributed by atoms with Gasteiger partial charge in [-0.1, -0.05) is 17.7 Å². The highest BCUT2D eigenvalue weighted by Gasteiger charge is 2.21. The number of carbonyl (C=O) groups is 1. The van der Waals surface area contributed by atoms with Crippen molar-refractivity contribution in [3.63, 3.8) is 0 Å². The lowest BCUT2D eigenvalue weighted by Gasteiger charge is -2.24. The maximum Gasteiger partial charge on any atom is 0.407 e. The van der Waals surface area contributed by atoms with Gasteiger partial charge in [-0.15, -0.1) is 0 Å².